The third-order valence-corrected chi connectivity index (χ3v) is 4.71. The van der Waals surface area contributed by atoms with E-state index in [0.717, 1.165) is 43.9 Å². The summed E-state index contributed by atoms with van der Waals surface area (Å²) in [5.74, 6) is -0.436. The number of hydrogen-bond donors (Lipinski definition) is 1. The fourth-order valence-corrected chi connectivity index (χ4v) is 3.23. The van der Waals surface area contributed by atoms with Crippen LogP contribution in [0.3, 0.4) is 0 Å². The van der Waals surface area contributed by atoms with Crippen LogP contribution in [-0.4, -0.2) is 54.2 Å². The third kappa shape index (κ3) is 4.59. The van der Waals surface area contributed by atoms with Gasteiger partial charge in [0.15, 0.2) is 0 Å². The number of carbonyl (C=O) groups is 1. The van der Waals surface area contributed by atoms with Gasteiger partial charge >= 0.3 is 5.97 Å². The average molecular weight is 358 g/mol. The number of halogens is 1. The lowest BCUT2D eigenvalue weighted by Crippen LogP contribution is -2.45. The van der Waals surface area contributed by atoms with E-state index in [2.05, 4.69) is 9.80 Å². The molecule has 1 saturated heterocycles. The zero-order valence-electron chi connectivity index (χ0n) is 14.8. The highest BCUT2D eigenvalue weighted by Crippen LogP contribution is 2.22. The van der Waals surface area contributed by atoms with Crippen molar-refractivity contribution >= 4 is 5.97 Å². The minimum absolute atomic E-state index is 0.246. The summed E-state index contributed by atoms with van der Waals surface area (Å²) in [7, 11) is 1.60. The van der Waals surface area contributed by atoms with Gasteiger partial charge in [0.05, 0.1) is 12.7 Å². The molecule has 1 fully saturated rings. The van der Waals surface area contributed by atoms with Gasteiger partial charge < -0.3 is 9.84 Å². The summed E-state index contributed by atoms with van der Waals surface area (Å²) in [5.41, 5.74) is 2.28. The molecule has 26 heavy (non-hydrogen) atoms. The Morgan fingerprint density at radius 3 is 2.23 bits per heavy atom. The van der Waals surface area contributed by atoms with Gasteiger partial charge in [0.25, 0.3) is 0 Å². The van der Waals surface area contributed by atoms with Gasteiger partial charge in [0.2, 0.25) is 0 Å². The van der Waals surface area contributed by atoms with Crippen LogP contribution in [0.1, 0.15) is 21.5 Å². The van der Waals surface area contributed by atoms with E-state index in [1.165, 1.54) is 12.1 Å². The number of ether oxygens (including phenoxy) is 1. The molecule has 0 bridgehead atoms. The first-order chi connectivity index (χ1) is 12.5. The maximum atomic E-state index is 13.5. The fraction of sp³-hybridized carbons (Fsp3) is 0.350. The number of hydrogen-bond acceptors (Lipinski definition) is 4. The molecule has 0 aliphatic carbocycles. The van der Waals surface area contributed by atoms with Gasteiger partial charge in [-0.1, -0.05) is 12.1 Å². The maximum absolute atomic E-state index is 13.5. The Balaban J connectivity index is 1.53. The van der Waals surface area contributed by atoms with E-state index in [1.54, 1.807) is 25.3 Å². The Hall–Kier alpha value is -2.44. The van der Waals surface area contributed by atoms with Crippen molar-refractivity contribution in [2.24, 2.45) is 0 Å². The van der Waals surface area contributed by atoms with Crippen LogP contribution < -0.4 is 4.74 Å². The largest absolute Gasteiger partial charge is 0.496 e. The van der Waals surface area contributed by atoms with Crippen molar-refractivity contribution in [3.05, 3.63) is 65.0 Å². The molecule has 6 heteroatoms. The normalized spacial score (nSPS) is 15.8. The molecule has 3 rings (SSSR count). The topological polar surface area (TPSA) is 53.0 Å². The van der Waals surface area contributed by atoms with Crippen molar-refractivity contribution in [3.63, 3.8) is 0 Å². The summed E-state index contributed by atoms with van der Waals surface area (Å²) in [6.07, 6.45) is 0. The van der Waals surface area contributed by atoms with E-state index in [0.29, 0.717) is 17.9 Å². The first-order valence-corrected chi connectivity index (χ1v) is 8.64. The first kappa shape index (κ1) is 18.4. The van der Waals surface area contributed by atoms with Gasteiger partial charge in [-0.2, -0.15) is 0 Å². The highest BCUT2D eigenvalue weighted by atomic mass is 19.1. The Kier molecular flexibility index (Phi) is 5.85. The van der Waals surface area contributed by atoms with Gasteiger partial charge in [-0.25, -0.2) is 9.18 Å². The van der Waals surface area contributed by atoms with Crippen molar-refractivity contribution in [1.82, 2.24) is 9.80 Å². The van der Waals surface area contributed by atoms with Gasteiger partial charge in [0.1, 0.15) is 11.6 Å². The van der Waals surface area contributed by atoms with Crippen LogP contribution >= 0.6 is 0 Å². The van der Waals surface area contributed by atoms with Crippen LogP contribution in [0.2, 0.25) is 0 Å². The van der Waals surface area contributed by atoms with E-state index < -0.39 is 5.97 Å². The molecule has 5 nitrogen and oxygen atoms in total. The summed E-state index contributed by atoms with van der Waals surface area (Å²) >= 11 is 0. The molecule has 2 aromatic carbocycles. The van der Waals surface area contributed by atoms with E-state index in [1.807, 2.05) is 12.1 Å². The number of piperazine rings is 1. The number of carboxylic acids is 1. The van der Waals surface area contributed by atoms with Crippen LogP contribution in [0.15, 0.2) is 42.5 Å². The smallest absolute Gasteiger partial charge is 0.335 e. The summed E-state index contributed by atoms with van der Waals surface area (Å²) < 4.78 is 18.8. The third-order valence-electron chi connectivity index (χ3n) is 4.71. The summed E-state index contributed by atoms with van der Waals surface area (Å²) in [4.78, 5) is 15.5. The predicted octanol–water partition coefficient (Wildman–Crippen LogP) is 2.85. The van der Waals surface area contributed by atoms with Crippen LogP contribution in [0, 0.1) is 5.82 Å². The Bertz CT molecular complexity index is 756. The number of carboxylic acid groups (broad SMARTS) is 1. The van der Waals surface area contributed by atoms with E-state index in [4.69, 9.17) is 9.84 Å². The Labute approximate surface area is 152 Å². The van der Waals surface area contributed by atoms with Crippen molar-refractivity contribution < 1.29 is 19.0 Å². The molecule has 0 amide bonds. The second kappa shape index (κ2) is 8.29. The van der Waals surface area contributed by atoms with Gasteiger partial charge in [-0.05, 0) is 35.9 Å². The first-order valence-electron chi connectivity index (χ1n) is 8.64. The Morgan fingerprint density at radius 1 is 1.04 bits per heavy atom. The highest BCUT2D eigenvalue weighted by molar-refractivity contribution is 5.87. The molecule has 0 radical (unpaired) electrons. The van der Waals surface area contributed by atoms with E-state index in [-0.39, 0.29) is 5.82 Å². The van der Waals surface area contributed by atoms with Crippen molar-refractivity contribution in [2.75, 3.05) is 33.3 Å². The summed E-state index contributed by atoms with van der Waals surface area (Å²) in [6, 6.07) is 11.6. The SMILES string of the molecule is COc1ccc(F)cc1CN1CCN(Cc2ccc(C(=O)O)cc2)CC1. The number of rotatable bonds is 6. The second-order valence-corrected chi connectivity index (χ2v) is 6.51. The lowest BCUT2D eigenvalue weighted by molar-refractivity contribution is 0.0697. The summed E-state index contributed by atoms with van der Waals surface area (Å²) in [5, 5.41) is 8.95. The van der Waals surface area contributed by atoms with Gasteiger partial charge in [-0.3, -0.25) is 9.80 Å². The number of benzene rings is 2. The lowest BCUT2D eigenvalue weighted by Gasteiger charge is -2.35. The second-order valence-electron chi connectivity index (χ2n) is 6.51. The number of methoxy groups -OCH3 is 1. The summed E-state index contributed by atoms with van der Waals surface area (Å²) in [6.45, 7) is 5.09. The van der Waals surface area contributed by atoms with Gasteiger partial charge in [-0.15, -0.1) is 0 Å². The molecular weight excluding hydrogens is 335 g/mol. The van der Waals surface area contributed by atoms with E-state index in [9.17, 15) is 9.18 Å². The monoisotopic (exact) mass is 358 g/mol. The Morgan fingerprint density at radius 2 is 1.65 bits per heavy atom. The molecule has 1 N–H and O–H groups in total. The van der Waals surface area contributed by atoms with Crippen LogP contribution in [0.5, 0.6) is 5.75 Å². The molecule has 0 saturated carbocycles. The maximum Gasteiger partial charge on any atom is 0.335 e. The van der Waals surface area contributed by atoms with Gasteiger partial charge in [0, 0.05) is 44.8 Å². The highest BCUT2D eigenvalue weighted by Gasteiger charge is 2.18. The zero-order chi connectivity index (χ0) is 18.5. The molecule has 0 spiro atoms. The minimum atomic E-state index is -0.905. The number of aromatic carboxylic acids is 1. The average Bonchev–Trinajstić information content (AvgIpc) is 2.64. The number of nitrogens with zero attached hydrogens (tertiary/aromatic N) is 2. The standard InChI is InChI=1S/C20H23FN2O3/c1-26-19-7-6-18(21)12-17(19)14-23-10-8-22(9-11-23)13-15-2-4-16(5-3-15)20(24)25/h2-7,12H,8-11,13-14H2,1H3,(H,24,25). The molecule has 138 valence electrons. The fourth-order valence-electron chi connectivity index (χ4n) is 3.23. The molecule has 1 aliphatic heterocycles. The zero-order valence-corrected chi connectivity index (χ0v) is 14.8. The quantitative estimate of drug-likeness (QED) is 0.861. The lowest BCUT2D eigenvalue weighted by atomic mass is 10.1. The molecule has 1 aliphatic rings. The van der Waals surface area contributed by atoms with Crippen LogP contribution in [0.25, 0.3) is 0 Å². The molecule has 0 atom stereocenters. The van der Waals surface area contributed by atoms with Crippen LogP contribution in [-0.2, 0) is 13.1 Å². The molecule has 0 aromatic heterocycles. The van der Waals surface area contributed by atoms with Crippen molar-refractivity contribution in [1.29, 1.82) is 0 Å². The van der Waals surface area contributed by atoms with Crippen molar-refractivity contribution in [2.45, 2.75) is 13.1 Å². The van der Waals surface area contributed by atoms with Crippen LogP contribution in [0.4, 0.5) is 4.39 Å². The van der Waals surface area contributed by atoms with Crippen molar-refractivity contribution in [3.8, 4) is 5.75 Å². The minimum Gasteiger partial charge on any atom is -0.496 e. The molecule has 1 heterocycles. The van der Waals surface area contributed by atoms with E-state index >= 15 is 0 Å². The molecule has 0 unspecified atom stereocenters. The molecular formula is C20H23FN2O3. The predicted molar refractivity (Wildman–Crippen MR) is 96.9 cm³/mol. The molecule has 2 aromatic rings.